The lowest BCUT2D eigenvalue weighted by atomic mass is 10.1. The Kier molecular flexibility index (Phi) is 6.96. The molecule has 0 rings (SSSR count). The van der Waals surface area contributed by atoms with Gasteiger partial charge in [-0.05, 0) is 20.2 Å². The van der Waals surface area contributed by atoms with E-state index in [4.69, 9.17) is 0 Å². The van der Waals surface area contributed by atoms with E-state index in [1.54, 1.807) is 25.7 Å². The molecule has 0 fully saturated rings. The molecule has 84 valence electrons. The van der Waals surface area contributed by atoms with Crippen molar-refractivity contribution in [2.45, 2.75) is 18.9 Å². The minimum atomic E-state index is -0.811. The van der Waals surface area contributed by atoms with Crippen molar-refractivity contribution in [3.8, 4) is 0 Å². The van der Waals surface area contributed by atoms with Crippen molar-refractivity contribution in [3.05, 3.63) is 0 Å². The van der Waals surface area contributed by atoms with E-state index in [-0.39, 0.29) is 5.91 Å². The third kappa shape index (κ3) is 7.17. The highest BCUT2D eigenvalue weighted by molar-refractivity contribution is 7.98. The first-order valence-corrected chi connectivity index (χ1v) is 6.04. The van der Waals surface area contributed by atoms with Crippen LogP contribution >= 0.6 is 11.8 Å². The number of aliphatic hydroxyl groups is 1. The molecule has 0 aromatic carbocycles. The summed E-state index contributed by atoms with van der Waals surface area (Å²) in [6.45, 7) is 2.70. The number of carbonyl (C=O) groups excluding carboxylic acids is 1. The molecule has 5 heteroatoms. The Labute approximate surface area is 89.8 Å². The fourth-order valence-electron chi connectivity index (χ4n) is 0.978. The van der Waals surface area contributed by atoms with Gasteiger partial charge < -0.3 is 15.7 Å². The normalized spacial score (nSPS) is 14.9. The summed E-state index contributed by atoms with van der Waals surface area (Å²) in [5.74, 6) is 0.597. The molecule has 0 saturated heterocycles. The summed E-state index contributed by atoms with van der Waals surface area (Å²) in [5, 5.41) is 15.3. The number of carbonyl (C=O) groups is 1. The zero-order valence-corrected chi connectivity index (χ0v) is 9.91. The van der Waals surface area contributed by atoms with Gasteiger partial charge >= 0.3 is 0 Å². The molecule has 1 atom stereocenters. The maximum absolute atomic E-state index is 11.2. The number of rotatable bonds is 7. The monoisotopic (exact) mass is 220 g/mol. The molecule has 1 unspecified atom stereocenters. The molecule has 0 aromatic heterocycles. The van der Waals surface area contributed by atoms with Gasteiger partial charge in [0.15, 0.2) is 0 Å². The van der Waals surface area contributed by atoms with Crippen molar-refractivity contribution in [1.29, 1.82) is 0 Å². The highest BCUT2D eigenvalue weighted by atomic mass is 32.2. The van der Waals surface area contributed by atoms with Crippen molar-refractivity contribution in [2.75, 3.05) is 32.1 Å². The summed E-state index contributed by atoms with van der Waals surface area (Å²) in [4.78, 5) is 11.2. The Morgan fingerprint density at radius 2 is 2.21 bits per heavy atom. The summed E-state index contributed by atoms with van der Waals surface area (Å²) in [6, 6.07) is 0. The van der Waals surface area contributed by atoms with E-state index in [2.05, 4.69) is 10.6 Å². The molecule has 4 nitrogen and oxygen atoms in total. The second-order valence-electron chi connectivity index (χ2n) is 3.56. The molecule has 14 heavy (non-hydrogen) atoms. The van der Waals surface area contributed by atoms with Gasteiger partial charge in [0, 0.05) is 25.3 Å². The largest absolute Gasteiger partial charge is 0.387 e. The fraction of sp³-hybridized carbons (Fsp3) is 0.889. The van der Waals surface area contributed by atoms with Crippen molar-refractivity contribution in [3.63, 3.8) is 0 Å². The predicted molar refractivity (Wildman–Crippen MR) is 60.6 cm³/mol. The second kappa shape index (κ2) is 7.09. The maximum Gasteiger partial charge on any atom is 0.221 e. The number of thioether (sulfide) groups is 1. The lowest BCUT2D eigenvalue weighted by Crippen LogP contribution is -2.42. The number of nitrogens with one attached hydrogen (secondary N) is 2. The van der Waals surface area contributed by atoms with Gasteiger partial charge in [0.05, 0.1) is 5.60 Å². The molecule has 0 bridgehead atoms. The Morgan fingerprint density at radius 1 is 1.57 bits per heavy atom. The summed E-state index contributed by atoms with van der Waals surface area (Å²) in [7, 11) is 1.80. The van der Waals surface area contributed by atoms with Crippen LogP contribution in [0.5, 0.6) is 0 Å². The SMILES string of the molecule is CNCCC(=O)NCC(C)(O)CSC. The average molecular weight is 220 g/mol. The van der Waals surface area contributed by atoms with Gasteiger partial charge in [0.25, 0.3) is 0 Å². The van der Waals surface area contributed by atoms with Crippen molar-refractivity contribution in [2.24, 2.45) is 0 Å². The van der Waals surface area contributed by atoms with Crippen LogP contribution in [0.3, 0.4) is 0 Å². The second-order valence-corrected chi connectivity index (χ2v) is 4.43. The van der Waals surface area contributed by atoms with E-state index in [0.717, 1.165) is 0 Å². The van der Waals surface area contributed by atoms with Crippen LogP contribution in [0.15, 0.2) is 0 Å². The molecule has 0 aliphatic carbocycles. The van der Waals surface area contributed by atoms with Crippen molar-refractivity contribution < 1.29 is 9.90 Å². The first kappa shape index (κ1) is 13.7. The Balaban J connectivity index is 3.64. The van der Waals surface area contributed by atoms with Crippen LogP contribution in [0.1, 0.15) is 13.3 Å². The zero-order valence-electron chi connectivity index (χ0n) is 9.09. The molecule has 0 radical (unpaired) electrons. The van der Waals surface area contributed by atoms with E-state index in [0.29, 0.717) is 25.3 Å². The van der Waals surface area contributed by atoms with Crippen LogP contribution in [0.4, 0.5) is 0 Å². The van der Waals surface area contributed by atoms with E-state index in [1.165, 1.54) is 0 Å². The first-order chi connectivity index (χ1) is 6.52. The zero-order chi connectivity index (χ0) is 11.0. The third-order valence-corrected chi connectivity index (χ3v) is 2.63. The van der Waals surface area contributed by atoms with Crippen LogP contribution in [0.2, 0.25) is 0 Å². The van der Waals surface area contributed by atoms with Crippen LogP contribution in [0, 0.1) is 0 Å². The van der Waals surface area contributed by atoms with Gasteiger partial charge in [-0.25, -0.2) is 0 Å². The summed E-state index contributed by atoms with van der Waals surface area (Å²) < 4.78 is 0. The molecule has 0 aromatic rings. The van der Waals surface area contributed by atoms with E-state index in [9.17, 15) is 9.90 Å². The Bertz CT molecular complexity index is 174. The van der Waals surface area contributed by atoms with Crippen molar-refractivity contribution in [1.82, 2.24) is 10.6 Å². The minimum absolute atomic E-state index is 0.0271. The minimum Gasteiger partial charge on any atom is -0.387 e. The standard InChI is InChI=1S/C9H20N2O2S/c1-9(13,7-14-3)6-11-8(12)4-5-10-2/h10,13H,4-7H2,1-3H3,(H,11,12). The highest BCUT2D eigenvalue weighted by Crippen LogP contribution is 2.08. The van der Waals surface area contributed by atoms with Gasteiger partial charge in [-0.2, -0.15) is 11.8 Å². The van der Waals surface area contributed by atoms with Crippen LogP contribution in [-0.2, 0) is 4.79 Å². The molecule has 3 N–H and O–H groups in total. The third-order valence-electron chi connectivity index (χ3n) is 1.72. The Morgan fingerprint density at radius 3 is 2.71 bits per heavy atom. The smallest absolute Gasteiger partial charge is 0.221 e. The Hall–Kier alpha value is -0.260. The molecule has 0 heterocycles. The number of hydrogen-bond acceptors (Lipinski definition) is 4. The summed E-state index contributed by atoms with van der Waals surface area (Å²) in [5.41, 5.74) is -0.811. The lowest BCUT2D eigenvalue weighted by Gasteiger charge is -2.22. The van der Waals surface area contributed by atoms with Gasteiger partial charge in [0.1, 0.15) is 0 Å². The molecule has 0 aliphatic heterocycles. The average Bonchev–Trinajstić information content (AvgIpc) is 2.11. The fourth-order valence-corrected chi connectivity index (χ4v) is 1.70. The van der Waals surface area contributed by atoms with Crippen LogP contribution in [0.25, 0.3) is 0 Å². The van der Waals surface area contributed by atoms with Crippen molar-refractivity contribution >= 4 is 17.7 Å². The lowest BCUT2D eigenvalue weighted by molar-refractivity contribution is -0.121. The van der Waals surface area contributed by atoms with E-state index in [1.807, 2.05) is 6.26 Å². The molecule has 0 spiro atoms. The quantitative estimate of drug-likeness (QED) is 0.557. The topological polar surface area (TPSA) is 61.4 Å². The maximum atomic E-state index is 11.2. The van der Waals surface area contributed by atoms with Crippen LogP contribution < -0.4 is 10.6 Å². The molecule has 0 saturated carbocycles. The van der Waals surface area contributed by atoms with Gasteiger partial charge in [-0.15, -0.1) is 0 Å². The predicted octanol–water partition coefficient (Wildman–Crippen LogP) is -0.174. The van der Waals surface area contributed by atoms with Gasteiger partial charge in [-0.3, -0.25) is 4.79 Å². The summed E-state index contributed by atoms with van der Waals surface area (Å²) in [6.07, 6.45) is 2.38. The van der Waals surface area contributed by atoms with Crippen LogP contribution in [-0.4, -0.2) is 48.8 Å². The van der Waals surface area contributed by atoms with E-state index < -0.39 is 5.60 Å². The van der Waals surface area contributed by atoms with E-state index >= 15 is 0 Å². The number of hydrogen-bond donors (Lipinski definition) is 3. The highest BCUT2D eigenvalue weighted by Gasteiger charge is 2.19. The summed E-state index contributed by atoms with van der Waals surface area (Å²) >= 11 is 1.56. The molecular formula is C9H20N2O2S. The molecule has 1 amide bonds. The number of amides is 1. The van der Waals surface area contributed by atoms with Gasteiger partial charge in [-0.1, -0.05) is 0 Å². The van der Waals surface area contributed by atoms with Gasteiger partial charge in [0.2, 0.25) is 5.91 Å². The molecule has 0 aliphatic rings. The molecular weight excluding hydrogens is 200 g/mol. The first-order valence-electron chi connectivity index (χ1n) is 4.64.